The van der Waals surface area contributed by atoms with Crippen LogP contribution in [0.15, 0.2) is 79.1 Å². The second-order valence-corrected chi connectivity index (χ2v) is 8.19. The first-order chi connectivity index (χ1) is 15.5. The summed E-state index contributed by atoms with van der Waals surface area (Å²) in [6.45, 7) is 0.627. The Morgan fingerprint density at radius 3 is 2.44 bits per heavy atom. The van der Waals surface area contributed by atoms with Gasteiger partial charge in [0.1, 0.15) is 16.9 Å². The molecule has 0 atom stereocenters. The van der Waals surface area contributed by atoms with Gasteiger partial charge in [0, 0.05) is 17.2 Å². The van der Waals surface area contributed by atoms with E-state index in [4.69, 9.17) is 23.2 Å². The predicted octanol–water partition coefficient (Wildman–Crippen LogP) is 6.82. The van der Waals surface area contributed by atoms with Crippen molar-refractivity contribution in [3.8, 4) is 22.5 Å². The van der Waals surface area contributed by atoms with Gasteiger partial charge in [-0.25, -0.2) is 13.8 Å². The molecule has 0 radical (unpaired) electrons. The SMILES string of the molecule is Fc1cccc(-c2nc3cc[n+](Cc4ccc(-c5cccc(Cl)c5Cl)cc4)cc3[nH]2)c1F. The Morgan fingerprint density at radius 2 is 1.62 bits per heavy atom. The van der Waals surface area contributed by atoms with Crippen molar-refractivity contribution in [3.05, 3.63) is 106 Å². The minimum atomic E-state index is -0.917. The van der Waals surface area contributed by atoms with Crippen LogP contribution >= 0.6 is 23.2 Å². The zero-order valence-electron chi connectivity index (χ0n) is 16.6. The number of benzene rings is 3. The molecule has 0 aliphatic carbocycles. The van der Waals surface area contributed by atoms with Gasteiger partial charge in [-0.05, 0) is 23.8 Å². The van der Waals surface area contributed by atoms with Gasteiger partial charge in [-0.15, -0.1) is 0 Å². The zero-order valence-corrected chi connectivity index (χ0v) is 18.1. The summed E-state index contributed by atoms with van der Waals surface area (Å²) in [5.74, 6) is -1.53. The molecule has 0 fully saturated rings. The summed E-state index contributed by atoms with van der Waals surface area (Å²) in [7, 11) is 0. The molecule has 1 N–H and O–H groups in total. The quantitative estimate of drug-likeness (QED) is 0.289. The van der Waals surface area contributed by atoms with Gasteiger partial charge in [-0.2, -0.15) is 4.57 Å². The lowest BCUT2D eigenvalue weighted by Crippen LogP contribution is -2.33. The molecule has 2 heterocycles. The van der Waals surface area contributed by atoms with E-state index in [1.807, 2.05) is 59.4 Å². The van der Waals surface area contributed by atoms with Crippen LogP contribution < -0.4 is 4.57 Å². The maximum Gasteiger partial charge on any atom is 0.195 e. The summed E-state index contributed by atoms with van der Waals surface area (Å²) in [4.78, 5) is 7.48. The third kappa shape index (κ3) is 3.85. The van der Waals surface area contributed by atoms with Crippen LogP contribution in [0.3, 0.4) is 0 Å². The molecule has 158 valence electrons. The van der Waals surface area contributed by atoms with Gasteiger partial charge < -0.3 is 4.98 Å². The van der Waals surface area contributed by atoms with E-state index in [1.54, 1.807) is 6.07 Å². The van der Waals surface area contributed by atoms with Crippen molar-refractivity contribution in [2.45, 2.75) is 6.54 Å². The van der Waals surface area contributed by atoms with Crippen molar-refractivity contribution in [2.75, 3.05) is 0 Å². The summed E-state index contributed by atoms with van der Waals surface area (Å²) in [5, 5.41) is 1.06. The first-order valence-corrected chi connectivity index (χ1v) is 10.6. The van der Waals surface area contributed by atoms with Crippen molar-refractivity contribution in [3.63, 3.8) is 0 Å². The van der Waals surface area contributed by atoms with Crippen molar-refractivity contribution in [1.82, 2.24) is 9.97 Å². The summed E-state index contributed by atoms with van der Waals surface area (Å²) in [6, 6.07) is 19.5. The van der Waals surface area contributed by atoms with Crippen LogP contribution in [-0.2, 0) is 6.54 Å². The van der Waals surface area contributed by atoms with Gasteiger partial charge in [0.25, 0.3) is 0 Å². The highest BCUT2D eigenvalue weighted by Gasteiger charge is 2.15. The Balaban J connectivity index is 1.41. The van der Waals surface area contributed by atoms with Gasteiger partial charge in [-0.1, -0.05) is 65.7 Å². The Morgan fingerprint density at radius 1 is 0.875 bits per heavy atom. The van der Waals surface area contributed by atoms with E-state index in [2.05, 4.69) is 9.97 Å². The topological polar surface area (TPSA) is 32.6 Å². The van der Waals surface area contributed by atoms with Gasteiger partial charge in [-0.3, -0.25) is 0 Å². The highest BCUT2D eigenvalue weighted by atomic mass is 35.5. The molecule has 32 heavy (non-hydrogen) atoms. The van der Waals surface area contributed by atoms with Gasteiger partial charge in [0.15, 0.2) is 30.6 Å². The minimum Gasteiger partial charge on any atom is -0.333 e. The molecular formula is C25H16Cl2F2N3+. The monoisotopic (exact) mass is 466 g/mol. The Hall–Kier alpha value is -3.28. The van der Waals surface area contributed by atoms with Crippen LogP contribution in [0, 0.1) is 11.6 Å². The van der Waals surface area contributed by atoms with Crippen LogP contribution in [0.1, 0.15) is 5.56 Å². The van der Waals surface area contributed by atoms with Crippen molar-refractivity contribution in [1.29, 1.82) is 0 Å². The summed E-state index contributed by atoms with van der Waals surface area (Å²) < 4.78 is 29.7. The first kappa shape index (κ1) is 20.6. The number of H-pyrrole nitrogens is 1. The molecule has 3 nitrogen and oxygen atoms in total. The normalized spacial score (nSPS) is 11.2. The number of hydrogen-bond acceptors (Lipinski definition) is 1. The zero-order chi connectivity index (χ0) is 22.2. The van der Waals surface area contributed by atoms with Crippen LogP contribution in [-0.4, -0.2) is 9.97 Å². The lowest BCUT2D eigenvalue weighted by atomic mass is 10.0. The number of fused-ring (bicyclic) bond motifs is 1. The fourth-order valence-corrected chi connectivity index (χ4v) is 4.05. The lowest BCUT2D eigenvalue weighted by molar-refractivity contribution is -0.687. The van der Waals surface area contributed by atoms with Crippen LogP contribution in [0.2, 0.25) is 10.0 Å². The standard InChI is InChI=1S/C25H15Cl2F2N3/c26-19-5-1-3-17(23(19)27)16-9-7-15(8-10-16)13-32-12-11-21-22(14-32)31-25(30-21)18-4-2-6-20(28)24(18)29/h1-12,14H,13H2/p+1. The molecule has 5 rings (SSSR count). The maximum atomic E-state index is 14.1. The molecule has 7 heteroatoms. The second-order valence-electron chi connectivity index (χ2n) is 7.40. The number of aromatic amines is 1. The number of halogens is 4. The first-order valence-electron chi connectivity index (χ1n) is 9.86. The lowest BCUT2D eigenvalue weighted by Gasteiger charge is -2.06. The highest BCUT2D eigenvalue weighted by Crippen LogP contribution is 2.33. The van der Waals surface area contributed by atoms with E-state index in [0.29, 0.717) is 22.1 Å². The van der Waals surface area contributed by atoms with Crippen molar-refractivity contribution >= 4 is 34.2 Å². The van der Waals surface area contributed by atoms with E-state index >= 15 is 0 Å². The number of hydrogen-bond donors (Lipinski definition) is 1. The largest absolute Gasteiger partial charge is 0.333 e. The number of pyridine rings is 1. The molecule has 0 bridgehead atoms. The Kier molecular flexibility index (Phi) is 5.37. The number of aromatic nitrogens is 3. The van der Waals surface area contributed by atoms with Gasteiger partial charge in [0.05, 0.1) is 15.6 Å². The third-order valence-corrected chi connectivity index (χ3v) is 6.09. The number of nitrogens with zero attached hydrogens (tertiary/aromatic N) is 2. The molecule has 0 aliphatic rings. The smallest absolute Gasteiger partial charge is 0.195 e. The van der Waals surface area contributed by atoms with E-state index in [-0.39, 0.29) is 11.4 Å². The fraction of sp³-hybridized carbons (Fsp3) is 0.0400. The fourth-order valence-electron chi connectivity index (χ4n) is 3.64. The number of nitrogens with one attached hydrogen (secondary N) is 1. The van der Waals surface area contributed by atoms with E-state index in [1.165, 1.54) is 12.1 Å². The molecule has 3 aromatic carbocycles. The average Bonchev–Trinajstić information content (AvgIpc) is 3.21. The molecule has 0 saturated heterocycles. The molecule has 0 saturated carbocycles. The molecule has 0 amide bonds. The molecular weight excluding hydrogens is 451 g/mol. The van der Waals surface area contributed by atoms with Gasteiger partial charge in [0.2, 0.25) is 0 Å². The van der Waals surface area contributed by atoms with Crippen LogP contribution in [0.4, 0.5) is 8.78 Å². The molecule has 5 aromatic rings. The molecule has 0 aliphatic heterocycles. The Bertz CT molecular complexity index is 1450. The molecule has 2 aromatic heterocycles. The average molecular weight is 467 g/mol. The summed E-state index contributed by atoms with van der Waals surface area (Å²) in [6.07, 6.45) is 3.79. The summed E-state index contributed by atoms with van der Waals surface area (Å²) >= 11 is 12.5. The van der Waals surface area contributed by atoms with Crippen molar-refractivity contribution < 1.29 is 13.3 Å². The van der Waals surface area contributed by atoms with E-state index in [0.717, 1.165) is 28.3 Å². The van der Waals surface area contributed by atoms with Crippen LogP contribution in [0.25, 0.3) is 33.5 Å². The number of imidazole rings is 1. The minimum absolute atomic E-state index is 0.100. The van der Waals surface area contributed by atoms with E-state index in [9.17, 15) is 8.78 Å². The van der Waals surface area contributed by atoms with Gasteiger partial charge >= 0.3 is 0 Å². The molecule has 0 spiro atoms. The van der Waals surface area contributed by atoms with Crippen molar-refractivity contribution in [2.24, 2.45) is 0 Å². The number of rotatable bonds is 4. The summed E-state index contributed by atoms with van der Waals surface area (Å²) in [5.41, 5.74) is 4.46. The van der Waals surface area contributed by atoms with Crippen LogP contribution in [0.5, 0.6) is 0 Å². The maximum absolute atomic E-state index is 14.1. The highest BCUT2D eigenvalue weighted by molar-refractivity contribution is 6.43. The van der Waals surface area contributed by atoms with E-state index < -0.39 is 11.6 Å². The third-order valence-electron chi connectivity index (χ3n) is 5.27. The molecule has 0 unspecified atom stereocenters. The second kappa shape index (κ2) is 8.34. The predicted molar refractivity (Wildman–Crippen MR) is 123 cm³/mol. The Labute approximate surface area is 192 Å².